The number of amides is 2. The fourth-order valence-corrected chi connectivity index (χ4v) is 3.92. The minimum atomic E-state index is -1.23. The number of ether oxygens (including phenoxy) is 1. The molecule has 0 fully saturated rings. The molecule has 1 heterocycles. The summed E-state index contributed by atoms with van der Waals surface area (Å²) in [5.74, 6) is -1.40. The number of methoxy groups -OCH3 is 1. The van der Waals surface area contributed by atoms with E-state index in [9.17, 15) is 19.5 Å². The molecule has 4 aromatic rings. The van der Waals surface area contributed by atoms with Gasteiger partial charge in [0.25, 0.3) is 11.8 Å². The summed E-state index contributed by atoms with van der Waals surface area (Å²) in [6.45, 7) is 6.38. The van der Waals surface area contributed by atoms with Crippen molar-refractivity contribution < 1.29 is 24.2 Å². The van der Waals surface area contributed by atoms with E-state index >= 15 is 0 Å². The number of aromatic nitrogens is 2. The van der Waals surface area contributed by atoms with Crippen LogP contribution < -0.4 is 21.1 Å². The molecule has 0 saturated heterocycles. The van der Waals surface area contributed by atoms with Crippen molar-refractivity contribution in [1.82, 2.24) is 15.3 Å². The predicted molar refractivity (Wildman–Crippen MR) is 146 cm³/mol. The molecule has 6 N–H and O–H groups in total. The van der Waals surface area contributed by atoms with Gasteiger partial charge in [0.05, 0.1) is 29.3 Å². The first-order valence-electron chi connectivity index (χ1n) is 11.9. The van der Waals surface area contributed by atoms with E-state index in [0.717, 1.165) is 0 Å². The minimum absolute atomic E-state index is 0.109. The Morgan fingerprint density at radius 3 is 2.37 bits per heavy atom. The Morgan fingerprint density at radius 2 is 1.68 bits per heavy atom. The summed E-state index contributed by atoms with van der Waals surface area (Å²) in [5, 5.41) is 15.6. The van der Waals surface area contributed by atoms with E-state index in [1.165, 1.54) is 25.3 Å². The Bertz CT molecular complexity index is 1550. The van der Waals surface area contributed by atoms with Crippen molar-refractivity contribution in [3.05, 3.63) is 71.3 Å². The van der Waals surface area contributed by atoms with E-state index < -0.39 is 11.9 Å². The molecule has 196 valence electrons. The maximum atomic E-state index is 13.4. The third-order valence-electron chi connectivity index (χ3n) is 5.81. The van der Waals surface area contributed by atoms with Crippen molar-refractivity contribution in [2.75, 3.05) is 24.7 Å². The number of hydrogen-bond acceptors (Lipinski definition) is 6. The summed E-state index contributed by atoms with van der Waals surface area (Å²) in [6.07, 6.45) is 0. The highest BCUT2D eigenvalue weighted by Gasteiger charge is 2.22. The van der Waals surface area contributed by atoms with Crippen LogP contribution in [0.25, 0.3) is 22.2 Å². The lowest BCUT2D eigenvalue weighted by atomic mass is 9.92. The largest absolute Gasteiger partial charge is 0.497 e. The SMILES string of the molecule is COc1ccc(-c2ccc(C(=O)NCC(C)(C)C)cc2C(=O)O)c(C(=O)Nc2ccc3nc(N)[nH]c3c2)c1. The van der Waals surface area contributed by atoms with E-state index in [4.69, 9.17) is 10.5 Å². The normalized spacial score (nSPS) is 11.3. The number of hydrogen-bond donors (Lipinski definition) is 5. The van der Waals surface area contributed by atoms with Crippen LogP contribution in [-0.4, -0.2) is 46.5 Å². The smallest absolute Gasteiger partial charge is 0.336 e. The zero-order chi connectivity index (χ0) is 27.6. The van der Waals surface area contributed by atoms with Gasteiger partial charge in [-0.2, -0.15) is 0 Å². The van der Waals surface area contributed by atoms with Crippen LogP contribution in [0, 0.1) is 5.41 Å². The molecule has 0 aliphatic heterocycles. The average molecular weight is 516 g/mol. The summed E-state index contributed by atoms with van der Waals surface area (Å²) < 4.78 is 5.31. The number of carbonyl (C=O) groups is 3. The van der Waals surface area contributed by atoms with E-state index in [1.54, 1.807) is 36.4 Å². The maximum Gasteiger partial charge on any atom is 0.336 e. The Balaban J connectivity index is 1.72. The van der Waals surface area contributed by atoms with Crippen LogP contribution in [-0.2, 0) is 0 Å². The second-order valence-corrected chi connectivity index (χ2v) is 10.0. The number of carboxylic acids is 1. The molecule has 10 nitrogen and oxygen atoms in total. The van der Waals surface area contributed by atoms with Gasteiger partial charge in [0, 0.05) is 17.8 Å². The zero-order valence-corrected chi connectivity index (χ0v) is 21.5. The Morgan fingerprint density at radius 1 is 0.974 bits per heavy atom. The van der Waals surface area contributed by atoms with E-state index in [0.29, 0.717) is 34.6 Å². The fraction of sp³-hybridized carbons (Fsp3) is 0.214. The number of anilines is 2. The van der Waals surface area contributed by atoms with Crippen molar-refractivity contribution >= 4 is 40.5 Å². The third-order valence-corrected chi connectivity index (χ3v) is 5.81. The molecular formula is C28H29N5O5. The van der Waals surface area contributed by atoms with Crippen molar-refractivity contribution in [1.29, 1.82) is 0 Å². The molecule has 0 radical (unpaired) electrons. The van der Waals surface area contributed by atoms with Gasteiger partial charge in [-0.15, -0.1) is 0 Å². The van der Waals surface area contributed by atoms with Gasteiger partial charge in [-0.05, 0) is 65.1 Å². The molecule has 0 unspecified atom stereocenters. The fourth-order valence-electron chi connectivity index (χ4n) is 3.92. The molecule has 0 aliphatic rings. The predicted octanol–water partition coefficient (Wildman–Crippen LogP) is 4.55. The molecule has 4 rings (SSSR count). The summed E-state index contributed by atoms with van der Waals surface area (Å²) in [7, 11) is 1.47. The molecule has 0 aliphatic carbocycles. The molecule has 0 spiro atoms. The highest BCUT2D eigenvalue weighted by Crippen LogP contribution is 2.32. The second kappa shape index (κ2) is 10.3. The number of nitrogens with one attached hydrogen (secondary N) is 3. The Labute approximate surface area is 219 Å². The number of aromatic amines is 1. The Hall–Kier alpha value is -4.86. The molecule has 0 saturated carbocycles. The lowest BCUT2D eigenvalue weighted by Crippen LogP contribution is -2.32. The van der Waals surface area contributed by atoms with Crippen molar-refractivity contribution in [2.45, 2.75) is 20.8 Å². The van der Waals surface area contributed by atoms with Crippen LogP contribution in [0.1, 0.15) is 51.8 Å². The lowest BCUT2D eigenvalue weighted by Gasteiger charge is -2.19. The Kier molecular flexibility index (Phi) is 7.07. The van der Waals surface area contributed by atoms with Crippen LogP contribution in [0.4, 0.5) is 11.6 Å². The number of benzene rings is 3. The highest BCUT2D eigenvalue weighted by atomic mass is 16.5. The number of aromatic carboxylic acids is 1. The summed E-state index contributed by atoms with van der Waals surface area (Å²) in [5.41, 5.74) is 8.33. The van der Waals surface area contributed by atoms with Crippen molar-refractivity contribution in [3.8, 4) is 16.9 Å². The molecule has 0 bridgehead atoms. The number of carboxylic acid groups (broad SMARTS) is 1. The van der Waals surface area contributed by atoms with Gasteiger partial charge in [0.1, 0.15) is 5.75 Å². The van der Waals surface area contributed by atoms with Crippen molar-refractivity contribution in [3.63, 3.8) is 0 Å². The van der Waals surface area contributed by atoms with Crippen molar-refractivity contribution in [2.24, 2.45) is 5.41 Å². The zero-order valence-electron chi connectivity index (χ0n) is 21.5. The van der Waals surface area contributed by atoms with E-state index in [-0.39, 0.29) is 39.5 Å². The second-order valence-electron chi connectivity index (χ2n) is 10.0. The number of nitrogen functional groups attached to an aromatic ring is 1. The third kappa shape index (κ3) is 5.75. The number of carbonyl (C=O) groups excluding carboxylic acids is 2. The average Bonchev–Trinajstić information content (AvgIpc) is 3.25. The van der Waals surface area contributed by atoms with Gasteiger partial charge >= 0.3 is 5.97 Å². The van der Waals surface area contributed by atoms with Crippen LogP contribution in [0.2, 0.25) is 0 Å². The van der Waals surface area contributed by atoms with Gasteiger partial charge in [-0.1, -0.05) is 26.8 Å². The number of imidazole rings is 1. The molecule has 38 heavy (non-hydrogen) atoms. The lowest BCUT2D eigenvalue weighted by molar-refractivity contribution is 0.0697. The van der Waals surface area contributed by atoms with Gasteiger partial charge in [0.15, 0.2) is 5.95 Å². The van der Waals surface area contributed by atoms with E-state index in [1.807, 2.05) is 20.8 Å². The van der Waals surface area contributed by atoms with Gasteiger partial charge in [-0.25, -0.2) is 9.78 Å². The van der Waals surface area contributed by atoms with E-state index in [2.05, 4.69) is 20.6 Å². The molecule has 2 amide bonds. The standard InChI is InChI=1S/C28H29N5O5/c1-28(2,3)14-30-24(34)15-5-8-19(21(11-15)26(36)37)18-9-7-17(38-4)13-20(18)25(35)31-16-6-10-22-23(12-16)33-27(29)32-22/h5-13H,14H2,1-4H3,(H,30,34)(H,31,35)(H,36,37)(H3,29,32,33). The van der Waals surface area contributed by atoms with Crippen LogP contribution in [0.5, 0.6) is 5.75 Å². The molecule has 3 aromatic carbocycles. The first kappa shape index (κ1) is 26.2. The molecule has 10 heteroatoms. The topological polar surface area (TPSA) is 159 Å². The molecular weight excluding hydrogens is 486 g/mol. The summed E-state index contributed by atoms with van der Waals surface area (Å²) in [6, 6.07) is 14.3. The van der Waals surface area contributed by atoms with Gasteiger partial charge < -0.3 is 31.2 Å². The van der Waals surface area contributed by atoms with Crippen LogP contribution >= 0.6 is 0 Å². The first-order chi connectivity index (χ1) is 17.9. The number of H-pyrrole nitrogens is 1. The van der Waals surface area contributed by atoms with Crippen LogP contribution in [0.3, 0.4) is 0 Å². The monoisotopic (exact) mass is 515 g/mol. The van der Waals surface area contributed by atoms with Crippen LogP contribution in [0.15, 0.2) is 54.6 Å². The first-order valence-corrected chi connectivity index (χ1v) is 11.9. The maximum absolute atomic E-state index is 13.4. The number of nitrogens with zero attached hydrogens (tertiary/aromatic N) is 1. The summed E-state index contributed by atoms with van der Waals surface area (Å²) in [4.78, 5) is 45.4. The quantitative estimate of drug-likeness (QED) is 0.241. The highest BCUT2D eigenvalue weighted by molar-refractivity contribution is 6.11. The van der Waals surface area contributed by atoms with Gasteiger partial charge in [-0.3, -0.25) is 9.59 Å². The number of fused-ring (bicyclic) bond motifs is 1. The molecule has 0 atom stereocenters. The van der Waals surface area contributed by atoms with Gasteiger partial charge in [0.2, 0.25) is 0 Å². The number of rotatable bonds is 7. The molecule has 1 aromatic heterocycles. The summed E-state index contributed by atoms with van der Waals surface area (Å²) >= 11 is 0. The minimum Gasteiger partial charge on any atom is -0.497 e. The number of nitrogens with two attached hydrogens (primary N) is 1.